The fourth-order valence-corrected chi connectivity index (χ4v) is 2.80. The molecule has 0 radical (unpaired) electrons. The largest absolute Gasteiger partial charge is 0.102 e. The molecule has 0 bridgehead atoms. The molecule has 108 valence electrons. The molecule has 3 aromatic rings. The summed E-state index contributed by atoms with van der Waals surface area (Å²) in [6.45, 7) is 4.01. The van der Waals surface area contributed by atoms with Gasteiger partial charge in [-0.25, -0.2) is 0 Å². The Labute approximate surface area is 136 Å². The number of allylic oxidation sites excluding steroid dienone is 1. The molecular formula is C21H17Cl. The third-order valence-corrected chi connectivity index (χ3v) is 4.07. The third-order valence-electron chi connectivity index (χ3n) is 3.82. The summed E-state index contributed by atoms with van der Waals surface area (Å²) in [5, 5.41) is 0.758. The van der Waals surface area contributed by atoms with Crippen molar-refractivity contribution in [3.8, 4) is 11.1 Å². The Morgan fingerprint density at radius 1 is 0.727 bits per heavy atom. The van der Waals surface area contributed by atoms with E-state index in [2.05, 4.69) is 55.1 Å². The van der Waals surface area contributed by atoms with Gasteiger partial charge in [0.05, 0.1) is 0 Å². The number of hydrogen-bond donors (Lipinski definition) is 0. The van der Waals surface area contributed by atoms with Crippen molar-refractivity contribution in [2.75, 3.05) is 0 Å². The Kier molecular flexibility index (Phi) is 4.41. The van der Waals surface area contributed by atoms with Gasteiger partial charge >= 0.3 is 0 Å². The van der Waals surface area contributed by atoms with Gasteiger partial charge in [-0.1, -0.05) is 84.4 Å². The molecule has 1 heteroatoms. The highest BCUT2D eigenvalue weighted by Crippen LogP contribution is 2.29. The molecule has 0 aliphatic carbocycles. The van der Waals surface area contributed by atoms with E-state index in [1.165, 1.54) is 22.3 Å². The highest BCUT2D eigenvalue weighted by molar-refractivity contribution is 6.30. The molecule has 0 aromatic heterocycles. The van der Waals surface area contributed by atoms with E-state index in [1.807, 2.05) is 36.4 Å². The van der Waals surface area contributed by atoms with Crippen LogP contribution in [0.1, 0.15) is 17.0 Å². The molecule has 0 amide bonds. The van der Waals surface area contributed by atoms with Crippen molar-refractivity contribution in [3.63, 3.8) is 0 Å². The number of halogens is 1. The summed E-state index contributed by atoms with van der Waals surface area (Å²) in [4.78, 5) is 0. The lowest BCUT2D eigenvalue weighted by Crippen LogP contribution is -1.97. The van der Waals surface area contributed by atoms with Crippen LogP contribution in [0.3, 0.4) is 0 Å². The van der Waals surface area contributed by atoms with Crippen LogP contribution in [0, 0.1) is 0 Å². The standard InChI is InChI=1S/C21H17Cl/c1-2-21(17-7-4-3-5-8-17)19-10-6-9-18(15-19)16-11-13-20(22)14-12-16/h2-15,21H,1H2. The highest BCUT2D eigenvalue weighted by Gasteiger charge is 2.10. The molecule has 1 atom stereocenters. The first-order valence-electron chi connectivity index (χ1n) is 7.31. The highest BCUT2D eigenvalue weighted by atomic mass is 35.5. The molecule has 0 saturated heterocycles. The maximum absolute atomic E-state index is 5.97. The van der Waals surface area contributed by atoms with Crippen LogP contribution in [-0.4, -0.2) is 0 Å². The Morgan fingerprint density at radius 2 is 1.41 bits per heavy atom. The minimum atomic E-state index is 0.202. The second-order valence-electron chi connectivity index (χ2n) is 5.26. The lowest BCUT2D eigenvalue weighted by atomic mass is 9.89. The van der Waals surface area contributed by atoms with Crippen molar-refractivity contribution in [2.24, 2.45) is 0 Å². The van der Waals surface area contributed by atoms with Crippen LogP contribution in [0.25, 0.3) is 11.1 Å². The molecule has 3 aromatic carbocycles. The minimum Gasteiger partial charge on any atom is -0.102 e. The zero-order valence-electron chi connectivity index (χ0n) is 12.2. The van der Waals surface area contributed by atoms with Gasteiger partial charge in [0.15, 0.2) is 0 Å². The lowest BCUT2D eigenvalue weighted by Gasteiger charge is -2.15. The topological polar surface area (TPSA) is 0 Å². The van der Waals surface area contributed by atoms with Crippen molar-refractivity contribution in [1.29, 1.82) is 0 Å². The first kappa shape index (κ1) is 14.6. The van der Waals surface area contributed by atoms with E-state index in [4.69, 9.17) is 11.6 Å². The van der Waals surface area contributed by atoms with E-state index in [0.717, 1.165) is 5.02 Å². The lowest BCUT2D eigenvalue weighted by molar-refractivity contribution is 1.03. The summed E-state index contributed by atoms with van der Waals surface area (Å²) in [6, 6.07) is 27.0. The van der Waals surface area contributed by atoms with E-state index in [0.29, 0.717) is 0 Å². The molecule has 3 rings (SSSR count). The summed E-state index contributed by atoms with van der Waals surface area (Å²) in [6.07, 6.45) is 2.00. The Bertz CT molecular complexity index is 757. The van der Waals surface area contributed by atoms with Crippen LogP contribution in [-0.2, 0) is 0 Å². The van der Waals surface area contributed by atoms with E-state index in [-0.39, 0.29) is 5.92 Å². The van der Waals surface area contributed by atoms with Crippen LogP contribution in [0.15, 0.2) is 91.5 Å². The molecule has 0 heterocycles. The molecule has 1 unspecified atom stereocenters. The van der Waals surface area contributed by atoms with E-state index < -0.39 is 0 Å². The van der Waals surface area contributed by atoms with Gasteiger partial charge in [0.2, 0.25) is 0 Å². The quantitative estimate of drug-likeness (QED) is 0.494. The SMILES string of the molecule is C=CC(c1ccccc1)c1cccc(-c2ccc(Cl)cc2)c1. The molecule has 22 heavy (non-hydrogen) atoms. The predicted octanol–water partition coefficient (Wildman–Crippen LogP) is 6.32. The van der Waals surface area contributed by atoms with Gasteiger partial charge in [-0.2, -0.15) is 0 Å². The molecule has 0 spiro atoms. The first-order valence-corrected chi connectivity index (χ1v) is 7.69. The molecule has 0 aliphatic rings. The van der Waals surface area contributed by atoms with Crippen LogP contribution in [0.2, 0.25) is 5.02 Å². The fraction of sp³-hybridized carbons (Fsp3) is 0.0476. The fourth-order valence-electron chi connectivity index (χ4n) is 2.68. The molecular weight excluding hydrogens is 288 g/mol. The predicted molar refractivity (Wildman–Crippen MR) is 95.4 cm³/mol. The van der Waals surface area contributed by atoms with Gasteiger partial charge < -0.3 is 0 Å². The summed E-state index contributed by atoms with van der Waals surface area (Å²) in [5.74, 6) is 0.202. The smallest absolute Gasteiger partial charge is 0.0406 e. The number of benzene rings is 3. The van der Waals surface area contributed by atoms with Crippen molar-refractivity contribution >= 4 is 11.6 Å². The molecule has 0 N–H and O–H groups in total. The van der Waals surface area contributed by atoms with Gasteiger partial charge in [0.1, 0.15) is 0 Å². The minimum absolute atomic E-state index is 0.202. The molecule has 0 nitrogen and oxygen atoms in total. The average molecular weight is 305 g/mol. The van der Waals surface area contributed by atoms with Crippen molar-refractivity contribution in [3.05, 3.63) is 108 Å². The van der Waals surface area contributed by atoms with Crippen LogP contribution in [0.4, 0.5) is 0 Å². The van der Waals surface area contributed by atoms with Crippen molar-refractivity contribution < 1.29 is 0 Å². The summed E-state index contributed by atoms with van der Waals surface area (Å²) in [7, 11) is 0. The van der Waals surface area contributed by atoms with Gasteiger partial charge in [-0.05, 0) is 34.4 Å². The summed E-state index contributed by atoms with van der Waals surface area (Å²) in [5.41, 5.74) is 4.86. The zero-order valence-corrected chi connectivity index (χ0v) is 13.0. The Hall–Kier alpha value is -2.31. The van der Waals surface area contributed by atoms with Crippen LogP contribution in [0.5, 0.6) is 0 Å². The van der Waals surface area contributed by atoms with Crippen molar-refractivity contribution in [2.45, 2.75) is 5.92 Å². The average Bonchev–Trinajstić information content (AvgIpc) is 2.57. The second-order valence-corrected chi connectivity index (χ2v) is 5.69. The zero-order chi connectivity index (χ0) is 15.4. The monoisotopic (exact) mass is 304 g/mol. The maximum Gasteiger partial charge on any atom is 0.0406 e. The van der Waals surface area contributed by atoms with Crippen molar-refractivity contribution in [1.82, 2.24) is 0 Å². The van der Waals surface area contributed by atoms with E-state index >= 15 is 0 Å². The van der Waals surface area contributed by atoms with Gasteiger partial charge in [-0.15, -0.1) is 6.58 Å². The Balaban J connectivity index is 2.00. The normalized spacial score (nSPS) is 11.9. The maximum atomic E-state index is 5.97. The number of hydrogen-bond acceptors (Lipinski definition) is 0. The number of rotatable bonds is 4. The third kappa shape index (κ3) is 3.13. The second kappa shape index (κ2) is 6.64. The van der Waals surface area contributed by atoms with Crippen LogP contribution < -0.4 is 0 Å². The summed E-state index contributed by atoms with van der Waals surface area (Å²) < 4.78 is 0. The molecule has 0 aliphatic heterocycles. The Morgan fingerprint density at radius 3 is 2.09 bits per heavy atom. The van der Waals surface area contributed by atoms with Gasteiger partial charge in [-0.3, -0.25) is 0 Å². The first-order chi connectivity index (χ1) is 10.8. The van der Waals surface area contributed by atoms with Gasteiger partial charge in [0, 0.05) is 10.9 Å². The van der Waals surface area contributed by atoms with Gasteiger partial charge in [0.25, 0.3) is 0 Å². The molecule has 0 saturated carbocycles. The molecule has 0 fully saturated rings. The van der Waals surface area contributed by atoms with Crippen LogP contribution >= 0.6 is 11.6 Å². The van der Waals surface area contributed by atoms with E-state index in [1.54, 1.807) is 0 Å². The van der Waals surface area contributed by atoms with E-state index in [9.17, 15) is 0 Å². The summed E-state index contributed by atoms with van der Waals surface area (Å²) >= 11 is 5.97.